The summed E-state index contributed by atoms with van der Waals surface area (Å²) < 4.78 is 23.6. The zero-order valence-corrected chi connectivity index (χ0v) is 14.3. The van der Waals surface area contributed by atoms with Crippen LogP contribution in [0.1, 0.15) is 29.8 Å². The first-order valence-electron chi connectivity index (χ1n) is 8.16. The molecule has 0 bridgehead atoms. The van der Waals surface area contributed by atoms with E-state index in [2.05, 4.69) is 30.7 Å². The van der Waals surface area contributed by atoms with Crippen LogP contribution in [0.25, 0.3) is 0 Å². The quantitative estimate of drug-likeness (QED) is 0.230. The van der Waals surface area contributed by atoms with E-state index in [0.29, 0.717) is 6.42 Å². The highest BCUT2D eigenvalue weighted by Gasteiger charge is 2.30. The lowest BCUT2D eigenvalue weighted by atomic mass is 9.83. The number of oxime groups is 1. The molecule has 0 aliphatic heterocycles. The number of aliphatic hydroxyl groups is 1. The van der Waals surface area contributed by atoms with Crippen LogP contribution in [-0.4, -0.2) is 51.6 Å². The summed E-state index contributed by atoms with van der Waals surface area (Å²) in [7, 11) is 0. The van der Waals surface area contributed by atoms with E-state index >= 15 is 0 Å². The van der Waals surface area contributed by atoms with Crippen molar-refractivity contribution >= 4 is 11.7 Å². The molecule has 10 nitrogen and oxygen atoms in total. The number of benzene rings is 1. The van der Waals surface area contributed by atoms with E-state index in [-0.39, 0.29) is 35.8 Å². The van der Waals surface area contributed by atoms with Gasteiger partial charge in [-0.3, -0.25) is 4.79 Å². The minimum absolute atomic E-state index is 0.0303. The van der Waals surface area contributed by atoms with Crippen molar-refractivity contribution in [3.8, 4) is 5.88 Å². The average molecular weight is 379 g/mol. The molecule has 0 saturated heterocycles. The Morgan fingerprint density at radius 3 is 3.07 bits per heavy atom. The first kappa shape index (κ1) is 18.6. The van der Waals surface area contributed by atoms with Crippen LogP contribution in [-0.2, 0) is 11.2 Å². The van der Waals surface area contributed by atoms with Crippen LogP contribution in [0.4, 0.5) is 4.39 Å². The summed E-state index contributed by atoms with van der Waals surface area (Å²) in [5.41, 5.74) is 1.78. The van der Waals surface area contributed by atoms with Gasteiger partial charge in [0.25, 0.3) is 5.88 Å². The number of nitrogens with one attached hydrogen (secondary N) is 2. The number of carbonyl (C=O) groups is 1. The van der Waals surface area contributed by atoms with Gasteiger partial charge in [-0.2, -0.15) is 0 Å². The van der Waals surface area contributed by atoms with Gasteiger partial charge in [0.2, 0.25) is 17.4 Å². The van der Waals surface area contributed by atoms with Crippen molar-refractivity contribution in [2.45, 2.75) is 25.5 Å². The standard InChI is InChI=1S/C16H18FN5O5/c1-8(6-18-13(24)7-23)26-16-14(21-27-22-16)15(20-25)19-12-4-9-2-3-10(17)5-11(9)12/h2-3,5,8,12,23,25H,4,6-7H2,1H3,(H,18,24)(H,19,20)/t8-,12-/m0/s1. The molecular formula is C16H18FN5O5. The lowest BCUT2D eigenvalue weighted by Crippen LogP contribution is -2.37. The van der Waals surface area contributed by atoms with E-state index in [0.717, 1.165) is 11.1 Å². The molecule has 0 unspecified atom stereocenters. The maximum absolute atomic E-state index is 13.4. The van der Waals surface area contributed by atoms with E-state index in [1.807, 2.05) is 0 Å². The van der Waals surface area contributed by atoms with Crippen LogP contribution in [0.15, 0.2) is 28.0 Å². The van der Waals surface area contributed by atoms with Gasteiger partial charge in [0.05, 0.1) is 12.6 Å². The van der Waals surface area contributed by atoms with E-state index in [4.69, 9.17) is 9.84 Å². The van der Waals surface area contributed by atoms with Gasteiger partial charge in [-0.1, -0.05) is 11.2 Å². The number of fused-ring (bicyclic) bond motifs is 1. The monoisotopic (exact) mass is 379 g/mol. The highest BCUT2D eigenvalue weighted by molar-refractivity contribution is 5.98. The average Bonchev–Trinajstić information content (AvgIpc) is 3.10. The molecule has 1 amide bonds. The Kier molecular flexibility index (Phi) is 5.50. The van der Waals surface area contributed by atoms with Gasteiger partial charge in [-0.05, 0) is 46.9 Å². The Labute approximate surface area is 153 Å². The van der Waals surface area contributed by atoms with Crippen LogP contribution in [0.2, 0.25) is 0 Å². The smallest absolute Gasteiger partial charge is 0.287 e. The fourth-order valence-corrected chi connectivity index (χ4v) is 2.66. The van der Waals surface area contributed by atoms with Gasteiger partial charge in [-0.25, -0.2) is 9.02 Å². The Morgan fingerprint density at radius 1 is 1.52 bits per heavy atom. The van der Waals surface area contributed by atoms with Gasteiger partial charge in [0.1, 0.15) is 18.5 Å². The maximum Gasteiger partial charge on any atom is 0.287 e. The maximum atomic E-state index is 13.4. The molecule has 2 atom stereocenters. The molecule has 1 heterocycles. The normalized spacial score (nSPS) is 16.9. The number of aromatic nitrogens is 2. The molecule has 0 spiro atoms. The van der Waals surface area contributed by atoms with Crippen molar-refractivity contribution in [3.63, 3.8) is 0 Å². The van der Waals surface area contributed by atoms with Gasteiger partial charge in [0, 0.05) is 0 Å². The topological polar surface area (TPSA) is 142 Å². The van der Waals surface area contributed by atoms with Gasteiger partial charge in [0.15, 0.2) is 0 Å². The summed E-state index contributed by atoms with van der Waals surface area (Å²) in [5, 5.41) is 33.9. The number of amidine groups is 1. The Hall–Kier alpha value is -3.21. The zero-order valence-electron chi connectivity index (χ0n) is 14.3. The molecular weight excluding hydrogens is 361 g/mol. The van der Waals surface area contributed by atoms with Crippen molar-refractivity contribution in [2.75, 3.05) is 13.2 Å². The lowest BCUT2D eigenvalue weighted by Gasteiger charge is -2.31. The molecule has 11 heteroatoms. The number of halogens is 1. The first-order chi connectivity index (χ1) is 13.0. The predicted molar refractivity (Wildman–Crippen MR) is 88.8 cm³/mol. The highest BCUT2D eigenvalue weighted by atomic mass is 19.1. The van der Waals surface area contributed by atoms with Crippen LogP contribution in [0.3, 0.4) is 0 Å². The third-order valence-electron chi connectivity index (χ3n) is 4.04. The SMILES string of the molecule is C[C@@H](CNC(=O)CO)Oc1nonc1/C(=N/O)N[C@H]1Cc2ccc(F)cc21. The molecule has 3 rings (SSSR count). The predicted octanol–water partition coefficient (Wildman–Crippen LogP) is 0.107. The minimum atomic E-state index is -0.627. The highest BCUT2D eigenvalue weighted by Crippen LogP contribution is 2.34. The second kappa shape index (κ2) is 7.99. The number of ether oxygens (including phenoxy) is 1. The van der Waals surface area contributed by atoms with Crippen molar-refractivity contribution in [1.29, 1.82) is 0 Å². The molecule has 27 heavy (non-hydrogen) atoms. The summed E-state index contributed by atoms with van der Waals surface area (Å²) in [5.74, 6) is -0.981. The van der Waals surface area contributed by atoms with Crippen molar-refractivity contribution in [3.05, 3.63) is 40.8 Å². The van der Waals surface area contributed by atoms with E-state index in [1.54, 1.807) is 13.0 Å². The number of aliphatic hydroxyl groups excluding tert-OH is 1. The molecule has 2 aromatic rings. The van der Waals surface area contributed by atoms with Crippen LogP contribution >= 0.6 is 0 Å². The zero-order chi connectivity index (χ0) is 19.4. The number of nitrogens with zero attached hydrogens (tertiary/aromatic N) is 3. The Balaban J connectivity index is 1.65. The molecule has 0 saturated carbocycles. The number of hydrogen-bond donors (Lipinski definition) is 4. The van der Waals surface area contributed by atoms with Gasteiger partial charge in [-0.15, -0.1) is 0 Å². The van der Waals surface area contributed by atoms with Gasteiger partial charge >= 0.3 is 0 Å². The fraction of sp³-hybridized carbons (Fsp3) is 0.375. The molecule has 0 fully saturated rings. The molecule has 0 radical (unpaired) electrons. The number of amides is 1. The van der Waals surface area contributed by atoms with E-state index < -0.39 is 18.6 Å². The van der Waals surface area contributed by atoms with Crippen molar-refractivity contribution < 1.29 is 28.9 Å². The van der Waals surface area contributed by atoms with Crippen LogP contribution < -0.4 is 15.4 Å². The molecule has 1 aromatic heterocycles. The summed E-state index contributed by atoms with van der Waals surface area (Å²) >= 11 is 0. The minimum Gasteiger partial charge on any atom is -0.469 e. The Morgan fingerprint density at radius 2 is 2.33 bits per heavy atom. The fourth-order valence-electron chi connectivity index (χ4n) is 2.66. The largest absolute Gasteiger partial charge is 0.469 e. The summed E-state index contributed by atoms with van der Waals surface area (Å²) in [6.45, 7) is 1.14. The second-order valence-electron chi connectivity index (χ2n) is 6.00. The summed E-state index contributed by atoms with van der Waals surface area (Å²) in [4.78, 5) is 11.1. The number of carbonyl (C=O) groups excluding carboxylic acids is 1. The summed E-state index contributed by atoms with van der Waals surface area (Å²) in [6.07, 6.45) is 0.101. The summed E-state index contributed by atoms with van der Waals surface area (Å²) in [6, 6.07) is 4.25. The molecule has 4 N–H and O–H groups in total. The second-order valence-corrected chi connectivity index (χ2v) is 6.00. The van der Waals surface area contributed by atoms with Crippen LogP contribution in [0, 0.1) is 5.82 Å². The first-order valence-corrected chi connectivity index (χ1v) is 8.16. The third kappa shape index (κ3) is 4.14. The van der Waals surface area contributed by atoms with Crippen molar-refractivity contribution in [2.24, 2.45) is 5.16 Å². The number of rotatable bonds is 7. The molecule has 1 aromatic carbocycles. The molecule has 1 aliphatic rings. The van der Waals surface area contributed by atoms with E-state index in [1.165, 1.54) is 12.1 Å². The van der Waals surface area contributed by atoms with E-state index in [9.17, 15) is 14.4 Å². The van der Waals surface area contributed by atoms with Crippen molar-refractivity contribution in [1.82, 2.24) is 20.9 Å². The van der Waals surface area contributed by atoms with Crippen LogP contribution in [0.5, 0.6) is 5.88 Å². The lowest BCUT2D eigenvalue weighted by molar-refractivity contribution is -0.124. The number of hydrogen-bond acceptors (Lipinski definition) is 8. The molecule has 144 valence electrons. The third-order valence-corrected chi connectivity index (χ3v) is 4.04. The molecule has 1 aliphatic carbocycles. The van der Waals surface area contributed by atoms with Gasteiger partial charge < -0.3 is 25.7 Å². The Bertz CT molecular complexity index is 855.